The summed E-state index contributed by atoms with van der Waals surface area (Å²) in [4.78, 5) is 2.46. The highest BCUT2D eigenvalue weighted by molar-refractivity contribution is 9.10. The molecule has 0 atom stereocenters. The molecule has 0 bridgehead atoms. The highest BCUT2D eigenvalue weighted by Gasteiger charge is 2.05. The number of halogens is 1. The maximum Gasteiger partial charge on any atom is 0.0237 e. The minimum atomic E-state index is 1.07. The van der Waals surface area contributed by atoms with Gasteiger partial charge in [-0.25, -0.2) is 0 Å². The minimum absolute atomic E-state index is 1.07. The summed E-state index contributed by atoms with van der Waals surface area (Å²) in [6, 6.07) is 8.58. The van der Waals surface area contributed by atoms with Crippen LogP contribution < -0.4 is 0 Å². The highest BCUT2D eigenvalue weighted by atomic mass is 79.9. The summed E-state index contributed by atoms with van der Waals surface area (Å²) in [5, 5.41) is 0. The molecule has 0 amide bonds. The molecule has 1 aliphatic rings. The van der Waals surface area contributed by atoms with Crippen LogP contribution in [0.1, 0.15) is 12.0 Å². The first-order valence-corrected chi connectivity index (χ1v) is 5.76. The lowest BCUT2D eigenvalue weighted by Crippen LogP contribution is -2.26. The van der Waals surface area contributed by atoms with Crippen LogP contribution in [0.2, 0.25) is 0 Å². The average Bonchev–Trinajstić information content (AvgIpc) is 2.23. The number of hydrogen-bond donors (Lipinski definition) is 0. The van der Waals surface area contributed by atoms with E-state index in [9.17, 15) is 0 Å². The topological polar surface area (TPSA) is 3.24 Å². The summed E-state index contributed by atoms with van der Waals surface area (Å²) < 4.78 is 1.15. The van der Waals surface area contributed by atoms with E-state index in [1.807, 2.05) is 0 Å². The second kappa shape index (κ2) is 4.76. The Bertz CT molecular complexity index is 316. The van der Waals surface area contributed by atoms with Crippen LogP contribution in [0.5, 0.6) is 0 Å². The first-order valence-electron chi connectivity index (χ1n) is 4.96. The summed E-state index contributed by atoms with van der Waals surface area (Å²) in [5.41, 5.74) is 1.39. The van der Waals surface area contributed by atoms with Gasteiger partial charge in [0.1, 0.15) is 0 Å². The third-order valence-corrected chi connectivity index (χ3v) is 2.99. The van der Waals surface area contributed by atoms with Crippen LogP contribution in [0.3, 0.4) is 0 Å². The molecular formula is C12H14BrN. The first-order chi connectivity index (χ1) is 6.84. The summed E-state index contributed by atoms with van der Waals surface area (Å²) >= 11 is 3.45. The number of rotatable bonds is 2. The molecule has 0 aliphatic carbocycles. The van der Waals surface area contributed by atoms with Crippen molar-refractivity contribution in [1.82, 2.24) is 4.90 Å². The van der Waals surface area contributed by atoms with Crippen molar-refractivity contribution in [3.8, 4) is 0 Å². The molecule has 0 radical (unpaired) electrons. The molecule has 0 fully saturated rings. The fourth-order valence-corrected chi connectivity index (χ4v) is 1.95. The third-order valence-electron chi connectivity index (χ3n) is 2.46. The Morgan fingerprint density at radius 1 is 1.14 bits per heavy atom. The standard InChI is InChI=1S/C12H14BrN/c13-12-6-4-11(5-7-12)10-14-8-2-1-3-9-14/h1-2,4-7H,3,8-10H2. The fourth-order valence-electron chi connectivity index (χ4n) is 1.68. The zero-order valence-corrected chi connectivity index (χ0v) is 9.70. The molecule has 1 aromatic rings. The number of nitrogens with zero attached hydrogens (tertiary/aromatic N) is 1. The molecule has 2 rings (SSSR count). The van der Waals surface area contributed by atoms with Gasteiger partial charge in [0, 0.05) is 24.1 Å². The van der Waals surface area contributed by atoms with Gasteiger partial charge in [0.25, 0.3) is 0 Å². The summed E-state index contributed by atoms with van der Waals surface area (Å²) in [6.45, 7) is 3.35. The van der Waals surface area contributed by atoms with E-state index in [2.05, 4.69) is 57.2 Å². The number of benzene rings is 1. The Labute approximate surface area is 93.6 Å². The van der Waals surface area contributed by atoms with Crippen molar-refractivity contribution in [2.45, 2.75) is 13.0 Å². The molecule has 1 nitrogen and oxygen atoms in total. The summed E-state index contributed by atoms with van der Waals surface area (Å²) in [5.74, 6) is 0. The van der Waals surface area contributed by atoms with E-state index in [1.165, 1.54) is 18.5 Å². The second-order valence-corrected chi connectivity index (χ2v) is 4.54. The molecule has 0 spiro atoms. The van der Waals surface area contributed by atoms with Crippen LogP contribution in [0.4, 0.5) is 0 Å². The summed E-state index contributed by atoms with van der Waals surface area (Å²) in [7, 11) is 0. The van der Waals surface area contributed by atoms with Crippen LogP contribution in [0.15, 0.2) is 40.9 Å². The van der Waals surface area contributed by atoms with Gasteiger partial charge >= 0.3 is 0 Å². The van der Waals surface area contributed by atoms with Gasteiger partial charge in [-0.05, 0) is 24.1 Å². The first kappa shape index (κ1) is 9.94. The largest absolute Gasteiger partial charge is 0.295 e. The SMILES string of the molecule is Brc1ccc(CN2CC=CCC2)cc1. The molecular weight excluding hydrogens is 238 g/mol. The van der Waals surface area contributed by atoms with Crippen molar-refractivity contribution >= 4 is 15.9 Å². The maximum atomic E-state index is 3.45. The summed E-state index contributed by atoms with van der Waals surface area (Å²) in [6.07, 6.45) is 5.71. The lowest BCUT2D eigenvalue weighted by atomic mass is 10.2. The molecule has 1 aromatic carbocycles. The lowest BCUT2D eigenvalue weighted by Gasteiger charge is -2.22. The zero-order valence-electron chi connectivity index (χ0n) is 8.12. The Hall–Kier alpha value is -0.600. The minimum Gasteiger partial charge on any atom is -0.295 e. The monoisotopic (exact) mass is 251 g/mol. The molecule has 1 aliphatic heterocycles. The van der Waals surface area contributed by atoms with Crippen molar-refractivity contribution in [2.75, 3.05) is 13.1 Å². The zero-order chi connectivity index (χ0) is 9.80. The van der Waals surface area contributed by atoms with E-state index < -0.39 is 0 Å². The van der Waals surface area contributed by atoms with Crippen LogP contribution in [0.25, 0.3) is 0 Å². The van der Waals surface area contributed by atoms with E-state index in [4.69, 9.17) is 0 Å². The smallest absolute Gasteiger partial charge is 0.0237 e. The third kappa shape index (κ3) is 2.69. The van der Waals surface area contributed by atoms with E-state index in [1.54, 1.807) is 0 Å². The van der Waals surface area contributed by atoms with Crippen LogP contribution in [-0.2, 0) is 6.54 Å². The van der Waals surface area contributed by atoms with Gasteiger partial charge in [-0.3, -0.25) is 4.90 Å². The van der Waals surface area contributed by atoms with Crippen molar-refractivity contribution in [3.05, 3.63) is 46.5 Å². The van der Waals surface area contributed by atoms with E-state index >= 15 is 0 Å². The quantitative estimate of drug-likeness (QED) is 0.730. The molecule has 0 saturated carbocycles. The van der Waals surface area contributed by atoms with Gasteiger partial charge in [0.05, 0.1) is 0 Å². The van der Waals surface area contributed by atoms with Gasteiger partial charge in [-0.15, -0.1) is 0 Å². The molecule has 14 heavy (non-hydrogen) atoms. The molecule has 0 N–H and O–H groups in total. The molecule has 0 saturated heterocycles. The highest BCUT2D eigenvalue weighted by Crippen LogP contribution is 2.13. The molecule has 0 unspecified atom stereocenters. The lowest BCUT2D eigenvalue weighted by molar-refractivity contribution is 0.291. The molecule has 2 heteroatoms. The van der Waals surface area contributed by atoms with Gasteiger partial charge in [0.15, 0.2) is 0 Å². The van der Waals surface area contributed by atoms with E-state index in [0.29, 0.717) is 0 Å². The average molecular weight is 252 g/mol. The van der Waals surface area contributed by atoms with Gasteiger partial charge in [-0.2, -0.15) is 0 Å². The molecule has 0 aromatic heterocycles. The van der Waals surface area contributed by atoms with E-state index in [0.717, 1.165) is 17.6 Å². The van der Waals surface area contributed by atoms with Crippen molar-refractivity contribution in [1.29, 1.82) is 0 Å². The van der Waals surface area contributed by atoms with Gasteiger partial charge in [-0.1, -0.05) is 40.2 Å². The normalized spacial score (nSPS) is 17.2. The predicted octanol–water partition coefficient (Wildman–Crippen LogP) is 3.21. The Morgan fingerprint density at radius 3 is 2.57 bits per heavy atom. The van der Waals surface area contributed by atoms with Crippen molar-refractivity contribution in [2.24, 2.45) is 0 Å². The maximum absolute atomic E-state index is 3.45. The molecule has 74 valence electrons. The van der Waals surface area contributed by atoms with Gasteiger partial charge in [0.2, 0.25) is 0 Å². The van der Waals surface area contributed by atoms with Crippen molar-refractivity contribution in [3.63, 3.8) is 0 Å². The number of hydrogen-bond acceptors (Lipinski definition) is 1. The van der Waals surface area contributed by atoms with Gasteiger partial charge < -0.3 is 0 Å². The fraction of sp³-hybridized carbons (Fsp3) is 0.333. The predicted molar refractivity (Wildman–Crippen MR) is 63.2 cm³/mol. The Morgan fingerprint density at radius 2 is 1.93 bits per heavy atom. The van der Waals surface area contributed by atoms with E-state index in [-0.39, 0.29) is 0 Å². The second-order valence-electron chi connectivity index (χ2n) is 3.62. The van der Waals surface area contributed by atoms with Crippen LogP contribution >= 0.6 is 15.9 Å². The van der Waals surface area contributed by atoms with Crippen molar-refractivity contribution < 1.29 is 0 Å². The van der Waals surface area contributed by atoms with Crippen LogP contribution in [-0.4, -0.2) is 18.0 Å². The van der Waals surface area contributed by atoms with Crippen LogP contribution in [0, 0.1) is 0 Å². The Balaban J connectivity index is 1.96. The molecule has 1 heterocycles. The Kier molecular flexibility index (Phi) is 3.38.